The Kier molecular flexibility index (Phi) is 80.1. The normalized spacial score (nSPS) is 12.5. The maximum absolute atomic E-state index is 11.2. The third-order valence-corrected chi connectivity index (χ3v) is 45.2. The average Bonchev–Trinajstić information content (AvgIpc) is 3.52. The lowest BCUT2D eigenvalue weighted by Crippen LogP contribution is -2.16. The zero-order chi connectivity index (χ0) is 69.8. The summed E-state index contributed by atoms with van der Waals surface area (Å²) in [7, 11) is -2.77. The highest BCUT2D eigenvalue weighted by molar-refractivity contribution is 7.76. The van der Waals surface area contributed by atoms with Crippen molar-refractivity contribution in [3.05, 3.63) is 24.8 Å². The van der Waals surface area contributed by atoms with Crippen LogP contribution in [0.15, 0.2) is 24.8 Å². The van der Waals surface area contributed by atoms with Crippen LogP contribution < -0.4 is 0 Å². The second-order valence-electron chi connectivity index (χ2n) is 29.7. The first-order chi connectivity index (χ1) is 43.7. The summed E-state index contributed by atoms with van der Waals surface area (Å²) < 4.78 is 5.09. The van der Waals surface area contributed by atoms with E-state index in [9.17, 15) is 4.79 Å². The van der Waals surface area contributed by atoms with Gasteiger partial charge in [0.25, 0.3) is 0 Å². The van der Waals surface area contributed by atoms with Gasteiger partial charge in [-0.3, -0.25) is 0 Å². The van der Waals surface area contributed by atoms with Gasteiger partial charge in [-0.2, -0.15) is 0 Å². The number of rotatable bonds is 61. The molecule has 0 saturated carbocycles. The van der Waals surface area contributed by atoms with E-state index in [-0.39, 0.29) is 5.97 Å². The lowest BCUT2D eigenvalue weighted by molar-refractivity contribution is -0.139. The number of hydrogen-bond acceptors (Lipinski definition) is 2. The van der Waals surface area contributed by atoms with Gasteiger partial charge in [0.1, 0.15) is 0 Å². The summed E-state index contributed by atoms with van der Waals surface area (Å²) in [5.41, 5.74) is 0.492. The highest BCUT2D eigenvalue weighted by Gasteiger charge is 2.34. The molecule has 0 aromatic carbocycles. The molecule has 7 heteroatoms. The zero-order valence-electron chi connectivity index (χ0n) is 67.8. The van der Waals surface area contributed by atoms with E-state index in [1.165, 1.54) is 305 Å². The molecule has 0 N–H and O–H groups in total. The third kappa shape index (κ3) is 63.1. The maximum atomic E-state index is 11.2. The Morgan fingerprint density at radius 3 is 0.868 bits per heavy atom. The Hall–Kier alpha value is 1.10. The van der Waals surface area contributed by atoms with Crippen LogP contribution in [0.25, 0.3) is 0 Å². The molecular weight excluding hydrogens is 1200 g/mol. The van der Waals surface area contributed by atoms with Crippen molar-refractivity contribution in [3.8, 4) is 0 Å². The number of ether oxygens (including phenoxy) is 1. The summed E-state index contributed by atoms with van der Waals surface area (Å²) in [5.74, 6) is 1.76. The van der Waals surface area contributed by atoms with Gasteiger partial charge in [-0.05, 0) is 197 Å². The number of esters is 1. The molecule has 2 nitrogen and oxygen atoms in total. The number of hydrogen-bond donors (Lipinski definition) is 0. The minimum atomic E-state index is -0.668. The van der Waals surface area contributed by atoms with Gasteiger partial charge >= 0.3 is 5.97 Å². The molecular formula is C84H182O2P5+5. The summed E-state index contributed by atoms with van der Waals surface area (Å²) in [4.78, 5) is 11.2. The third-order valence-electron chi connectivity index (χ3n) is 22.1. The van der Waals surface area contributed by atoms with Crippen LogP contribution in [0.3, 0.4) is 0 Å². The van der Waals surface area contributed by atoms with E-state index >= 15 is 0 Å². The van der Waals surface area contributed by atoms with Crippen molar-refractivity contribution in [1.29, 1.82) is 0 Å². The van der Waals surface area contributed by atoms with Crippen LogP contribution in [0.5, 0.6) is 0 Å². The van der Waals surface area contributed by atoms with Gasteiger partial charge in [0.2, 0.25) is 0 Å². The quantitative estimate of drug-likeness (QED) is 0.0199. The molecule has 0 aliphatic heterocycles. The van der Waals surface area contributed by atoms with Crippen LogP contribution >= 0.6 is 36.3 Å². The minimum Gasteiger partial charge on any atom is -0.462 e. The van der Waals surface area contributed by atoms with Gasteiger partial charge in [0.15, 0.2) is 0 Å². The minimum absolute atomic E-state index is 0.254. The highest BCUT2D eigenvalue weighted by atomic mass is 31.2. The molecule has 2 unspecified atom stereocenters. The number of allylic oxidation sites excluding steroid dienone is 1. The molecule has 0 aromatic heterocycles. The van der Waals surface area contributed by atoms with E-state index < -0.39 is 36.3 Å². The molecule has 0 amide bonds. The Morgan fingerprint density at radius 2 is 0.615 bits per heavy atom. The van der Waals surface area contributed by atoms with E-state index in [4.69, 9.17) is 4.74 Å². The molecule has 0 rings (SSSR count). The second kappa shape index (κ2) is 72.4. The fourth-order valence-electron chi connectivity index (χ4n) is 13.9. The van der Waals surface area contributed by atoms with Gasteiger partial charge in [0, 0.05) is 61.9 Å². The lowest BCUT2D eigenvalue weighted by atomic mass is 10.0. The van der Waals surface area contributed by atoms with Crippen LogP contribution in [-0.2, 0) is 9.53 Å². The maximum Gasteiger partial charge on any atom is 0.333 e. The van der Waals surface area contributed by atoms with Crippen molar-refractivity contribution < 1.29 is 9.53 Å². The Balaban J connectivity index is -0.000000346. The molecule has 0 aliphatic rings. The van der Waals surface area contributed by atoms with Crippen molar-refractivity contribution in [2.45, 2.75) is 369 Å². The van der Waals surface area contributed by atoms with Gasteiger partial charge in [-0.1, -0.05) is 196 Å². The Morgan fingerprint density at radius 1 is 0.352 bits per heavy atom. The fraction of sp³-hybridized carbons (Fsp3) is 0.940. The van der Waals surface area contributed by atoms with E-state index in [2.05, 4.69) is 151 Å². The number of carbonyl (C=O) groups excluding carboxylic acids is 1. The molecule has 0 saturated heterocycles. The first kappa shape index (κ1) is 101. The average molecular weight is 1380 g/mol. The van der Waals surface area contributed by atoms with E-state index in [0.29, 0.717) is 12.2 Å². The molecule has 0 heterocycles. The van der Waals surface area contributed by atoms with Crippen LogP contribution in [0.1, 0.15) is 369 Å². The first-order valence-electron chi connectivity index (χ1n) is 41.3. The standard InChI is InChI=1S/C21H42O2P.C19H42P.C18H40P.C18H38P.C8H20P/c1-6-24(7-2,8-3)19-17-15-13-11-9-10-12-14-16-18-23-21(22)20(4)5;1-5-8-11-14-17-20(4,18-15-12-9-6-2)19-16-13-10-7-3;1-7-11-13-17(9-3)15-19(5,6)16-18(10-4)14-12-8-2;1-5-9-10-11-12-13-14-15-16-17-18-19(6-2,7-3)8-4;1-5-9(6-2,7-3)8-4/h4,6-19H2,1-3,5H3;5-19H2,1-4H3;17-18H,7-16H2,1-6H3;5H,1,6-18H2,2-4H3;5-8H2,1-4H3/q5*+1. The van der Waals surface area contributed by atoms with E-state index in [1.54, 1.807) is 43.9 Å². The number of unbranched alkanes of at least 4 members (excludes halogenated alkanes) is 27. The smallest absolute Gasteiger partial charge is 0.333 e. The van der Waals surface area contributed by atoms with Crippen molar-refractivity contribution in [1.82, 2.24) is 0 Å². The monoisotopic (exact) mass is 1380 g/mol. The van der Waals surface area contributed by atoms with Gasteiger partial charge in [-0.15, -0.1) is 6.58 Å². The van der Waals surface area contributed by atoms with Crippen molar-refractivity contribution in [3.63, 3.8) is 0 Å². The summed E-state index contributed by atoms with van der Waals surface area (Å²) in [5, 5.41) is 0. The molecule has 0 spiro atoms. The van der Waals surface area contributed by atoms with Gasteiger partial charge in [0.05, 0.1) is 111 Å². The van der Waals surface area contributed by atoms with E-state index in [1.807, 2.05) is 6.08 Å². The predicted molar refractivity (Wildman–Crippen MR) is 450 cm³/mol. The topological polar surface area (TPSA) is 26.3 Å². The molecule has 2 atom stereocenters. The summed E-state index contributed by atoms with van der Waals surface area (Å²) >= 11 is 0. The lowest BCUT2D eigenvalue weighted by Gasteiger charge is -2.27. The fourth-order valence-corrected chi connectivity index (χ4v) is 30.4. The largest absolute Gasteiger partial charge is 0.462 e. The molecule has 0 aliphatic carbocycles. The summed E-state index contributed by atoms with van der Waals surface area (Å²) in [6.07, 6.45) is 80.9. The Bertz CT molecular complexity index is 1380. The molecule has 0 aromatic rings. The van der Waals surface area contributed by atoms with Crippen molar-refractivity contribution in [2.75, 3.05) is 131 Å². The summed E-state index contributed by atoms with van der Waals surface area (Å²) in [6, 6.07) is 0. The Labute approximate surface area is 584 Å². The van der Waals surface area contributed by atoms with Crippen LogP contribution in [0, 0.1) is 11.8 Å². The van der Waals surface area contributed by atoms with Crippen LogP contribution in [0.4, 0.5) is 0 Å². The number of carbonyl (C=O) groups is 1. The van der Waals surface area contributed by atoms with Gasteiger partial charge in [-0.25, -0.2) is 4.79 Å². The molecule has 550 valence electrons. The van der Waals surface area contributed by atoms with Crippen LogP contribution in [-0.4, -0.2) is 137 Å². The predicted octanol–water partition coefficient (Wildman–Crippen LogP) is 30.6. The molecule has 91 heavy (non-hydrogen) atoms. The highest BCUT2D eigenvalue weighted by Crippen LogP contribution is 2.60. The SMILES string of the molecule is C=C(C)C(=O)OCCCCCCCCCCC[P+](CC)(CC)CC.C=CCCCCCCCCCC[P+](CC)(CC)CC.CCCCC(CC)C[P+](C)(C)CC(CC)CCCC.CCCCCC[P+](C)(CCCCCC)CCCCCC.CC[P+](CC)(CC)CC. The van der Waals surface area contributed by atoms with Crippen molar-refractivity contribution >= 4 is 42.3 Å². The molecule has 0 bridgehead atoms. The van der Waals surface area contributed by atoms with Gasteiger partial charge < -0.3 is 4.74 Å². The second-order valence-corrected chi connectivity index (χ2v) is 54.2. The zero-order valence-corrected chi connectivity index (χ0v) is 72.3. The van der Waals surface area contributed by atoms with Crippen LogP contribution in [0.2, 0.25) is 0 Å². The van der Waals surface area contributed by atoms with Crippen molar-refractivity contribution in [2.24, 2.45) is 11.8 Å². The summed E-state index contributed by atoms with van der Waals surface area (Å²) in [6.45, 7) is 57.8. The molecule has 0 radical (unpaired) electrons. The first-order valence-corrected chi connectivity index (χ1v) is 54.7. The molecule has 0 fully saturated rings. The van der Waals surface area contributed by atoms with E-state index in [0.717, 1.165) is 18.3 Å².